The summed E-state index contributed by atoms with van der Waals surface area (Å²) in [5, 5.41) is 11.0. The number of aromatic nitrogens is 2. The second-order valence-corrected chi connectivity index (χ2v) is 6.83. The number of hydrogen-bond acceptors (Lipinski definition) is 7. The maximum atomic E-state index is 12.3. The van der Waals surface area contributed by atoms with Gasteiger partial charge in [0.15, 0.2) is 0 Å². The summed E-state index contributed by atoms with van der Waals surface area (Å²) in [5.41, 5.74) is 1.84. The zero-order chi connectivity index (χ0) is 18.4. The summed E-state index contributed by atoms with van der Waals surface area (Å²) < 4.78 is 5.27. The first-order chi connectivity index (χ1) is 12.7. The molecule has 1 amide bonds. The molecule has 2 heterocycles. The molecule has 1 aromatic carbocycles. The molecule has 1 aliphatic rings. The molecule has 1 aromatic heterocycles. The van der Waals surface area contributed by atoms with E-state index in [2.05, 4.69) is 31.2 Å². The van der Waals surface area contributed by atoms with Gasteiger partial charge in [-0.1, -0.05) is 29.8 Å². The lowest BCUT2D eigenvalue weighted by Crippen LogP contribution is -2.46. The monoisotopic (exact) mass is 371 g/mol. The van der Waals surface area contributed by atoms with Gasteiger partial charge in [-0.15, -0.1) is 16.6 Å². The van der Waals surface area contributed by atoms with Crippen molar-refractivity contribution < 1.29 is 9.21 Å². The quantitative estimate of drug-likeness (QED) is 0.614. The second-order valence-electron chi connectivity index (χ2n) is 5.91. The number of hydrogen-bond donors (Lipinski definition) is 1. The largest absolute Gasteiger partial charge is 0.416 e. The summed E-state index contributed by atoms with van der Waals surface area (Å²) in [5.74, 6) is 3.28. The second kappa shape index (κ2) is 8.74. The van der Waals surface area contributed by atoms with Crippen LogP contribution in [-0.4, -0.2) is 59.5 Å². The molecule has 2 aromatic rings. The first kappa shape index (κ1) is 18.3. The molecule has 1 saturated heterocycles. The van der Waals surface area contributed by atoms with Crippen molar-refractivity contribution in [3.8, 4) is 12.3 Å². The lowest BCUT2D eigenvalue weighted by atomic mass is 10.2. The SMILES string of the molecule is C#CCN1CCN(c2ccccc2NC(=O)CSc2nnc(C)o2)CC1. The van der Waals surface area contributed by atoms with Gasteiger partial charge < -0.3 is 14.6 Å². The standard InChI is InChI=1S/C18H21N5O2S/c1-3-8-22-9-11-23(12-10-22)16-7-5-4-6-15(16)19-17(24)13-26-18-21-20-14(2)25-18/h1,4-7H,8-13H2,2H3,(H,19,24). The summed E-state index contributed by atoms with van der Waals surface area (Å²) in [7, 11) is 0. The third-order valence-electron chi connectivity index (χ3n) is 4.04. The summed E-state index contributed by atoms with van der Waals surface area (Å²) in [4.78, 5) is 16.8. The number of amides is 1. The molecule has 0 radical (unpaired) electrons. The summed E-state index contributed by atoms with van der Waals surface area (Å²) in [6, 6.07) is 7.85. The number of nitrogens with zero attached hydrogens (tertiary/aromatic N) is 4. The number of thioether (sulfide) groups is 1. The average molecular weight is 371 g/mol. The highest BCUT2D eigenvalue weighted by atomic mass is 32.2. The van der Waals surface area contributed by atoms with Gasteiger partial charge in [0.25, 0.3) is 5.22 Å². The predicted octanol–water partition coefficient (Wildman–Crippen LogP) is 1.86. The Kier molecular flexibility index (Phi) is 6.15. The minimum Gasteiger partial charge on any atom is -0.416 e. The Labute approximate surface area is 157 Å². The van der Waals surface area contributed by atoms with E-state index in [4.69, 9.17) is 10.8 Å². The zero-order valence-corrected chi connectivity index (χ0v) is 15.5. The van der Waals surface area contributed by atoms with Crippen LogP contribution in [0.15, 0.2) is 33.9 Å². The molecule has 0 saturated carbocycles. The highest BCUT2D eigenvalue weighted by Crippen LogP contribution is 2.27. The Morgan fingerprint density at radius 2 is 2.08 bits per heavy atom. The van der Waals surface area contributed by atoms with Crippen LogP contribution in [0.2, 0.25) is 0 Å². The Morgan fingerprint density at radius 1 is 1.31 bits per heavy atom. The lowest BCUT2D eigenvalue weighted by molar-refractivity contribution is -0.113. The van der Waals surface area contributed by atoms with Crippen molar-refractivity contribution in [2.24, 2.45) is 0 Å². The topological polar surface area (TPSA) is 74.5 Å². The number of nitrogens with one attached hydrogen (secondary N) is 1. The third-order valence-corrected chi connectivity index (χ3v) is 4.86. The number of anilines is 2. The molecular weight excluding hydrogens is 350 g/mol. The van der Waals surface area contributed by atoms with E-state index in [1.165, 1.54) is 11.8 Å². The molecule has 0 atom stereocenters. The zero-order valence-electron chi connectivity index (χ0n) is 14.6. The van der Waals surface area contributed by atoms with Gasteiger partial charge in [0, 0.05) is 33.1 Å². The first-order valence-corrected chi connectivity index (χ1v) is 9.37. The molecule has 0 unspecified atom stereocenters. The van der Waals surface area contributed by atoms with E-state index >= 15 is 0 Å². The van der Waals surface area contributed by atoms with Crippen LogP contribution in [0.1, 0.15) is 5.89 Å². The maximum Gasteiger partial charge on any atom is 0.277 e. The molecule has 7 nitrogen and oxygen atoms in total. The van der Waals surface area contributed by atoms with Gasteiger partial charge >= 0.3 is 0 Å². The third kappa shape index (κ3) is 4.77. The van der Waals surface area contributed by atoms with Crippen molar-refractivity contribution in [3.63, 3.8) is 0 Å². The van der Waals surface area contributed by atoms with Crippen molar-refractivity contribution in [1.29, 1.82) is 0 Å². The van der Waals surface area contributed by atoms with Crippen molar-refractivity contribution in [1.82, 2.24) is 15.1 Å². The number of para-hydroxylation sites is 2. The molecule has 136 valence electrons. The van der Waals surface area contributed by atoms with Crippen LogP contribution >= 0.6 is 11.8 Å². The van der Waals surface area contributed by atoms with Crippen LogP contribution in [-0.2, 0) is 4.79 Å². The van der Waals surface area contributed by atoms with E-state index in [1.54, 1.807) is 6.92 Å². The number of carbonyl (C=O) groups is 1. The smallest absolute Gasteiger partial charge is 0.277 e. The van der Waals surface area contributed by atoms with Gasteiger partial charge in [-0.25, -0.2) is 0 Å². The van der Waals surface area contributed by atoms with Gasteiger partial charge in [0.2, 0.25) is 11.8 Å². The van der Waals surface area contributed by atoms with Crippen LogP contribution < -0.4 is 10.2 Å². The van der Waals surface area contributed by atoms with Gasteiger partial charge in [0.1, 0.15) is 0 Å². The minimum atomic E-state index is -0.107. The molecule has 1 N–H and O–H groups in total. The van der Waals surface area contributed by atoms with Gasteiger partial charge in [-0.3, -0.25) is 9.69 Å². The molecular formula is C18H21N5O2S. The number of rotatable bonds is 6. The number of piperazine rings is 1. The Morgan fingerprint density at radius 3 is 2.77 bits per heavy atom. The fraction of sp³-hybridized carbons (Fsp3) is 0.389. The van der Waals surface area contributed by atoms with Gasteiger partial charge in [0.05, 0.1) is 23.7 Å². The maximum absolute atomic E-state index is 12.3. The minimum absolute atomic E-state index is 0.107. The van der Waals surface area contributed by atoms with Crippen molar-refractivity contribution in [2.45, 2.75) is 12.1 Å². The van der Waals surface area contributed by atoms with Crippen LogP contribution in [0.3, 0.4) is 0 Å². The first-order valence-electron chi connectivity index (χ1n) is 8.38. The molecule has 8 heteroatoms. The summed E-state index contributed by atoms with van der Waals surface area (Å²) in [6.07, 6.45) is 5.39. The average Bonchev–Trinajstić information content (AvgIpc) is 3.07. The van der Waals surface area contributed by atoms with Crippen LogP contribution in [0.5, 0.6) is 0 Å². The molecule has 1 fully saturated rings. The van der Waals surface area contributed by atoms with Crippen LogP contribution in [0.25, 0.3) is 0 Å². The summed E-state index contributed by atoms with van der Waals surface area (Å²) >= 11 is 1.22. The highest BCUT2D eigenvalue weighted by molar-refractivity contribution is 7.99. The van der Waals surface area contributed by atoms with Crippen LogP contribution in [0.4, 0.5) is 11.4 Å². The fourth-order valence-corrected chi connectivity index (χ4v) is 3.39. The molecule has 0 spiro atoms. The molecule has 26 heavy (non-hydrogen) atoms. The van der Waals surface area contributed by atoms with Crippen LogP contribution in [0, 0.1) is 19.3 Å². The predicted molar refractivity (Wildman–Crippen MR) is 102 cm³/mol. The number of carbonyl (C=O) groups excluding carboxylic acids is 1. The lowest BCUT2D eigenvalue weighted by Gasteiger charge is -2.36. The Bertz CT molecular complexity index is 793. The Hall–Kier alpha value is -2.50. The number of aryl methyl sites for hydroxylation is 1. The van der Waals surface area contributed by atoms with Gasteiger partial charge in [-0.2, -0.15) is 0 Å². The number of benzene rings is 1. The van der Waals surface area contributed by atoms with Crippen molar-refractivity contribution in [2.75, 3.05) is 48.7 Å². The van der Waals surface area contributed by atoms with E-state index in [0.717, 1.165) is 37.6 Å². The van der Waals surface area contributed by atoms with E-state index in [-0.39, 0.29) is 11.7 Å². The van der Waals surface area contributed by atoms with Crippen molar-refractivity contribution in [3.05, 3.63) is 30.2 Å². The van der Waals surface area contributed by atoms with Crippen molar-refractivity contribution >= 4 is 29.0 Å². The molecule has 1 aliphatic heterocycles. The van der Waals surface area contributed by atoms with E-state index in [0.29, 0.717) is 17.7 Å². The van der Waals surface area contributed by atoms with Gasteiger partial charge in [-0.05, 0) is 12.1 Å². The molecule has 0 aliphatic carbocycles. The highest BCUT2D eigenvalue weighted by Gasteiger charge is 2.19. The summed E-state index contributed by atoms with van der Waals surface area (Å²) in [6.45, 7) is 5.99. The molecule has 3 rings (SSSR count). The molecule has 0 bridgehead atoms. The normalized spacial score (nSPS) is 14.8. The number of terminal acetylenes is 1. The fourth-order valence-electron chi connectivity index (χ4n) is 2.78. The van der Waals surface area contributed by atoms with E-state index in [9.17, 15) is 4.79 Å². The van der Waals surface area contributed by atoms with E-state index in [1.807, 2.05) is 24.3 Å². The Balaban J connectivity index is 1.58. The van der Waals surface area contributed by atoms with E-state index < -0.39 is 0 Å².